The molecule has 0 aromatic heterocycles. The van der Waals surface area contributed by atoms with E-state index in [0.717, 1.165) is 0 Å². The summed E-state index contributed by atoms with van der Waals surface area (Å²) in [4.78, 5) is 0. The second-order valence-corrected chi connectivity index (χ2v) is 1.35. The van der Waals surface area contributed by atoms with Gasteiger partial charge in [0.25, 0.3) is 0 Å². The van der Waals surface area contributed by atoms with Crippen LogP contribution >= 0.6 is 0 Å². The molecule has 0 radical (unpaired) electrons. The average molecular weight is 114 g/mol. The zero-order chi connectivity index (χ0) is 6.57. The van der Waals surface area contributed by atoms with Gasteiger partial charge in [-0.2, -0.15) is 0 Å². The molecule has 4 heteroatoms. The fourth-order valence-electron chi connectivity index (χ4n) is 0.132. The van der Waals surface area contributed by atoms with Gasteiger partial charge in [0, 0.05) is 11.4 Å². The molecule has 0 saturated heterocycles. The van der Waals surface area contributed by atoms with Crippen LogP contribution in [0.25, 0.3) is 0 Å². The molecule has 0 fully saturated rings. The van der Waals surface area contributed by atoms with Crippen LogP contribution in [-0.2, 0) is 0 Å². The van der Waals surface area contributed by atoms with Crippen LogP contribution in [0.5, 0.6) is 0 Å². The zero-order valence-electron chi connectivity index (χ0n) is 4.71. The maximum Gasteiger partial charge on any atom is 0.0465 e. The second kappa shape index (κ2) is 3.01. The number of rotatable bonds is 1. The van der Waals surface area contributed by atoms with Gasteiger partial charge in [-0.3, -0.25) is 0 Å². The van der Waals surface area contributed by atoms with Crippen LogP contribution in [0.4, 0.5) is 0 Å². The molecule has 0 spiro atoms. The third-order valence-corrected chi connectivity index (χ3v) is 0.797. The zero-order valence-corrected chi connectivity index (χ0v) is 4.71. The molecule has 0 aliphatic rings. The van der Waals surface area contributed by atoms with Crippen molar-refractivity contribution in [2.75, 3.05) is 0 Å². The van der Waals surface area contributed by atoms with Crippen LogP contribution in [-0.4, -0.2) is 11.4 Å². The predicted octanol–water partition coefficient (Wildman–Crippen LogP) is 0.904. The van der Waals surface area contributed by atoms with Crippen molar-refractivity contribution in [1.29, 1.82) is 0 Å². The van der Waals surface area contributed by atoms with E-state index in [4.69, 9.17) is 0 Å². The van der Waals surface area contributed by atoms with Gasteiger partial charge in [0.1, 0.15) is 0 Å². The van der Waals surface area contributed by atoms with E-state index in [0.29, 0.717) is 0 Å². The lowest BCUT2D eigenvalue weighted by atomic mass is 10.3. The van der Waals surface area contributed by atoms with Crippen LogP contribution in [0, 0.1) is 10.4 Å². The van der Waals surface area contributed by atoms with E-state index in [1.807, 2.05) is 0 Å². The molecule has 0 heterocycles. The molecule has 0 rings (SSSR count). The molecule has 4 nitrogen and oxygen atoms in total. The van der Waals surface area contributed by atoms with Gasteiger partial charge in [0.2, 0.25) is 0 Å². The van der Waals surface area contributed by atoms with Gasteiger partial charge in [0.15, 0.2) is 0 Å². The Labute approximate surface area is 47.1 Å². The molecule has 0 amide bonds. The third kappa shape index (κ3) is 1.59. The smallest absolute Gasteiger partial charge is 0.0465 e. The van der Waals surface area contributed by atoms with E-state index < -0.39 is 0 Å². The van der Waals surface area contributed by atoms with Gasteiger partial charge in [-0.05, 0) is 13.8 Å². The van der Waals surface area contributed by atoms with Crippen LogP contribution in [0.3, 0.4) is 0 Å². The molecule has 8 heavy (non-hydrogen) atoms. The standard InChI is InChI=1S/C4H8N2O2/c1-3(5-7)4(2)6-8/h7-8H,1-2H3/p-2/b5-3-,6-4-. The minimum atomic E-state index is 0.139. The molecule has 0 aliphatic carbocycles. The minimum absolute atomic E-state index is 0.139. The molecule has 0 saturated carbocycles. The van der Waals surface area contributed by atoms with Crippen LogP contribution in [0.15, 0.2) is 10.3 Å². The van der Waals surface area contributed by atoms with Gasteiger partial charge >= 0.3 is 0 Å². The lowest BCUT2D eigenvalue weighted by molar-refractivity contribution is 1.54. The third-order valence-electron chi connectivity index (χ3n) is 0.797. The summed E-state index contributed by atoms with van der Waals surface area (Å²) in [7, 11) is 0. The lowest BCUT2D eigenvalue weighted by Gasteiger charge is -2.02. The first-order chi connectivity index (χ1) is 3.72. The Morgan fingerprint density at radius 3 is 1.38 bits per heavy atom. The maximum atomic E-state index is 9.60. The Morgan fingerprint density at radius 1 is 1.00 bits per heavy atom. The highest BCUT2D eigenvalue weighted by molar-refractivity contribution is 6.40. The van der Waals surface area contributed by atoms with E-state index in [2.05, 4.69) is 10.3 Å². The van der Waals surface area contributed by atoms with E-state index in [1.165, 1.54) is 13.8 Å². The Bertz CT molecular complexity index is 112. The van der Waals surface area contributed by atoms with E-state index in [1.54, 1.807) is 0 Å². The van der Waals surface area contributed by atoms with Gasteiger partial charge in [-0.1, -0.05) is 0 Å². The second-order valence-electron chi connectivity index (χ2n) is 1.35. The highest BCUT2D eigenvalue weighted by atomic mass is 16.4. The van der Waals surface area contributed by atoms with Gasteiger partial charge in [-0.25, -0.2) is 0 Å². The molecule has 0 atom stereocenters. The quantitative estimate of drug-likeness (QED) is 0.375. The summed E-state index contributed by atoms with van der Waals surface area (Å²) < 4.78 is 0. The maximum absolute atomic E-state index is 9.60. The van der Waals surface area contributed by atoms with Gasteiger partial charge in [0.05, 0.1) is 0 Å². The van der Waals surface area contributed by atoms with Crippen molar-refractivity contribution in [3.05, 3.63) is 10.4 Å². The summed E-state index contributed by atoms with van der Waals surface area (Å²) in [6.45, 7) is 2.87. The summed E-state index contributed by atoms with van der Waals surface area (Å²) in [5, 5.41) is 24.2. The Hall–Kier alpha value is -1.06. The summed E-state index contributed by atoms with van der Waals surface area (Å²) in [6.07, 6.45) is 0. The largest absolute Gasteiger partial charge is 0.792 e. The molecule has 46 valence electrons. The minimum Gasteiger partial charge on any atom is -0.792 e. The summed E-state index contributed by atoms with van der Waals surface area (Å²) in [5.41, 5.74) is 0.278. The monoisotopic (exact) mass is 114 g/mol. The molecule has 0 aromatic rings. The number of nitrogens with zero attached hydrogens (tertiary/aromatic N) is 2. The summed E-state index contributed by atoms with van der Waals surface area (Å²) in [6, 6.07) is 0. The predicted molar refractivity (Wildman–Crippen MR) is 33.0 cm³/mol. The fraction of sp³-hybridized carbons (Fsp3) is 0.500. The fourth-order valence-corrected chi connectivity index (χ4v) is 0.132. The van der Waals surface area contributed by atoms with Crippen molar-refractivity contribution < 1.29 is 0 Å². The van der Waals surface area contributed by atoms with E-state index >= 15 is 0 Å². The topological polar surface area (TPSA) is 70.8 Å². The highest BCUT2D eigenvalue weighted by Crippen LogP contribution is 1.80. The van der Waals surface area contributed by atoms with Crippen LogP contribution in [0.2, 0.25) is 0 Å². The molecule has 0 unspecified atom stereocenters. The van der Waals surface area contributed by atoms with Crippen molar-refractivity contribution in [1.82, 2.24) is 0 Å². The molecular formula is C4H6N2O2-2. The van der Waals surface area contributed by atoms with Crippen LogP contribution < -0.4 is 0 Å². The molecule has 0 N–H and O–H groups in total. The van der Waals surface area contributed by atoms with Crippen molar-refractivity contribution in [3.63, 3.8) is 0 Å². The molecule has 0 aliphatic heterocycles. The summed E-state index contributed by atoms with van der Waals surface area (Å²) in [5.74, 6) is 0. The first-order valence-corrected chi connectivity index (χ1v) is 2.06. The van der Waals surface area contributed by atoms with E-state index in [9.17, 15) is 10.4 Å². The van der Waals surface area contributed by atoms with Crippen molar-refractivity contribution >= 4 is 11.4 Å². The average Bonchev–Trinajstić information content (AvgIpc) is 1.84. The van der Waals surface area contributed by atoms with E-state index in [-0.39, 0.29) is 11.4 Å². The number of hydrogen-bond acceptors (Lipinski definition) is 4. The normalized spacial score (nSPS) is 14.2. The molecule has 0 aromatic carbocycles. The molecular weight excluding hydrogens is 108 g/mol. The highest BCUT2D eigenvalue weighted by Gasteiger charge is 1.86. The summed E-state index contributed by atoms with van der Waals surface area (Å²) >= 11 is 0. The Balaban J connectivity index is 4.04. The SMILES string of the molecule is CC(=N/[O-])/C(C)=N\[O-]. The van der Waals surface area contributed by atoms with Crippen LogP contribution in [0.1, 0.15) is 13.8 Å². The van der Waals surface area contributed by atoms with Gasteiger partial charge < -0.3 is 20.7 Å². The first-order valence-electron chi connectivity index (χ1n) is 2.06. The number of hydrogen-bond donors (Lipinski definition) is 0. The first kappa shape index (κ1) is 6.94. The van der Waals surface area contributed by atoms with Crippen molar-refractivity contribution in [3.8, 4) is 0 Å². The van der Waals surface area contributed by atoms with Gasteiger partial charge in [-0.15, -0.1) is 0 Å². The Morgan fingerprint density at radius 2 is 1.25 bits per heavy atom. The lowest BCUT2D eigenvalue weighted by Crippen LogP contribution is -2.03. The Kier molecular flexibility index (Phi) is 2.61. The molecule has 0 bridgehead atoms. The van der Waals surface area contributed by atoms with Crippen molar-refractivity contribution in [2.24, 2.45) is 10.3 Å². The van der Waals surface area contributed by atoms with Crippen molar-refractivity contribution in [2.45, 2.75) is 13.8 Å².